The number of halogens is 2. The lowest BCUT2D eigenvalue weighted by atomic mass is 9.86. The van der Waals surface area contributed by atoms with Crippen molar-refractivity contribution in [3.63, 3.8) is 0 Å². The van der Waals surface area contributed by atoms with E-state index < -0.39 is 29.3 Å². The van der Waals surface area contributed by atoms with Gasteiger partial charge in [0.2, 0.25) is 0 Å². The summed E-state index contributed by atoms with van der Waals surface area (Å²) in [5, 5.41) is 15.1. The Morgan fingerprint density at radius 2 is 1.68 bits per heavy atom. The molecule has 0 aromatic heterocycles. The monoisotopic (exact) mass is 348 g/mol. The van der Waals surface area contributed by atoms with Gasteiger partial charge in [-0.05, 0) is 29.2 Å². The third kappa shape index (κ3) is 4.76. The highest BCUT2D eigenvalue weighted by atomic mass is 19.1. The molecule has 1 unspecified atom stereocenters. The van der Waals surface area contributed by atoms with Crippen molar-refractivity contribution < 1.29 is 18.7 Å². The normalized spacial score (nSPS) is 12.6. The Kier molecular flexibility index (Phi) is 5.74. The summed E-state index contributed by atoms with van der Waals surface area (Å²) < 4.78 is 27.3. The maximum atomic E-state index is 13.6. The molecule has 0 saturated heterocycles. The summed E-state index contributed by atoms with van der Waals surface area (Å²) in [5.41, 5.74) is 0.961. The van der Waals surface area contributed by atoms with Gasteiger partial charge in [-0.1, -0.05) is 45.0 Å². The van der Waals surface area contributed by atoms with Crippen LogP contribution in [0.3, 0.4) is 0 Å². The minimum atomic E-state index is -1.48. The van der Waals surface area contributed by atoms with Gasteiger partial charge in [0.15, 0.2) is 0 Å². The molecule has 0 heterocycles. The van der Waals surface area contributed by atoms with E-state index in [1.165, 1.54) is 6.07 Å². The minimum absolute atomic E-state index is 0.167. The zero-order valence-corrected chi connectivity index (χ0v) is 14.4. The van der Waals surface area contributed by atoms with Crippen LogP contribution in [0.2, 0.25) is 0 Å². The van der Waals surface area contributed by atoms with Crippen LogP contribution in [-0.4, -0.2) is 17.7 Å². The van der Waals surface area contributed by atoms with Crippen molar-refractivity contribution in [2.24, 2.45) is 0 Å². The minimum Gasteiger partial charge on any atom is -0.386 e. The molecule has 4 nitrogen and oxygen atoms in total. The lowest BCUT2D eigenvalue weighted by Gasteiger charge is -2.23. The smallest absolute Gasteiger partial charge is 0.319 e. The highest BCUT2D eigenvalue weighted by Gasteiger charge is 2.20. The number of hydrogen-bond donors (Lipinski definition) is 3. The predicted molar refractivity (Wildman–Crippen MR) is 93.5 cm³/mol. The molecule has 6 heteroatoms. The Morgan fingerprint density at radius 3 is 2.28 bits per heavy atom. The van der Waals surface area contributed by atoms with E-state index in [4.69, 9.17) is 0 Å². The van der Waals surface area contributed by atoms with Crippen molar-refractivity contribution in [1.29, 1.82) is 0 Å². The Labute approximate surface area is 145 Å². The molecular formula is C19H22F2N2O2. The zero-order valence-electron chi connectivity index (χ0n) is 14.4. The number of urea groups is 1. The lowest BCUT2D eigenvalue weighted by molar-refractivity contribution is 0.166. The molecule has 0 aliphatic carbocycles. The van der Waals surface area contributed by atoms with Crippen LogP contribution in [-0.2, 0) is 5.41 Å². The topological polar surface area (TPSA) is 61.4 Å². The standard InChI is InChI=1S/C19H22F2N2O2/c1-19(2,3)12-7-4-5-10-15(12)23-18(25)22-11-16(24)17-13(20)8-6-9-14(17)21/h4-10,16,24H,11H2,1-3H3,(H2,22,23,25). The molecule has 0 aliphatic rings. The highest BCUT2D eigenvalue weighted by Crippen LogP contribution is 2.29. The third-order valence-electron chi connectivity index (χ3n) is 3.77. The maximum absolute atomic E-state index is 13.6. The Balaban J connectivity index is 2.03. The summed E-state index contributed by atoms with van der Waals surface area (Å²) in [6.07, 6.45) is -1.48. The number of hydrogen-bond acceptors (Lipinski definition) is 2. The number of aliphatic hydroxyl groups is 1. The predicted octanol–water partition coefficient (Wildman–Crippen LogP) is 4.12. The summed E-state index contributed by atoms with van der Waals surface area (Å²) in [4.78, 5) is 12.1. The lowest BCUT2D eigenvalue weighted by Crippen LogP contribution is -2.33. The first-order valence-corrected chi connectivity index (χ1v) is 7.96. The number of nitrogens with one attached hydrogen (secondary N) is 2. The molecule has 2 amide bonds. The van der Waals surface area contributed by atoms with Crippen LogP contribution in [0.5, 0.6) is 0 Å². The first kappa shape index (κ1) is 18.9. The van der Waals surface area contributed by atoms with Gasteiger partial charge in [0.05, 0.1) is 5.56 Å². The molecule has 1 atom stereocenters. The second-order valence-electron chi connectivity index (χ2n) is 6.78. The van der Waals surface area contributed by atoms with Crippen LogP contribution in [0, 0.1) is 11.6 Å². The van der Waals surface area contributed by atoms with Gasteiger partial charge >= 0.3 is 6.03 Å². The molecule has 0 fully saturated rings. The van der Waals surface area contributed by atoms with Crippen molar-refractivity contribution >= 4 is 11.7 Å². The molecule has 134 valence electrons. The Hall–Kier alpha value is -2.47. The van der Waals surface area contributed by atoms with E-state index in [2.05, 4.69) is 10.6 Å². The van der Waals surface area contributed by atoms with Crippen molar-refractivity contribution in [3.05, 3.63) is 65.2 Å². The van der Waals surface area contributed by atoms with Gasteiger partial charge in [0, 0.05) is 12.2 Å². The number of aliphatic hydroxyl groups excluding tert-OH is 1. The van der Waals surface area contributed by atoms with Gasteiger partial charge in [-0.15, -0.1) is 0 Å². The number of carbonyl (C=O) groups excluding carboxylic acids is 1. The van der Waals surface area contributed by atoms with Gasteiger partial charge in [0.25, 0.3) is 0 Å². The van der Waals surface area contributed by atoms with Gasteiger partial charge in [-0.3, -0.25) is 0 Å². The number of carbonyl (C=O) groups is 1. The van der Waals surface area contributed by atoms with Gasteiger partial charge in [-0.25, -0.2) is 13.6 Å². The first-order valence-electron chi connectivity index (χ1n) is 7.96. The highest BCUT2D eigenvalue weighted by molar-refractivity contribution is 5.90. The van der Waals surface area contributed by atoms with Crippen molar-refractivity contribution in [2.75, 3.05) is 11.9 Å². The molecule has 0 saturated carbocycles. The fourth-order valence-corrected chi connectivity index (χ4v) is 2.53. The number of anilines is 1. The molecule has 0 aliphatic heterocycles. The Bertz CT molecular complexity index is 737. The summed E-state index contributed by atoms with van der Waals surface area (Å²) >= 11 is 0. The molecule has 0 bridgehead atoms. The molecular weight excluding hydrogens is 326 g/mol. The van der Waals surface area contributed by atoms with Crippen LogP contribution in [0.4, 0.5) is 19.3 Å². The van der Waals surface area contributed by atoms with Gasteiger partial charge < -0.3 is 15.7 Å². The van der Waals surface area contributed by atoms with E-state index in [9.17, 15) is 18.7 Å². The fraction of sp³-hybridized carbons (Fsp3) is 0.316. The Morgan fingerprint density at radius 1 is 1.08 bits per heavy atom. The molecule has 3 N–H and O–H groups in total. The first-order chi connectivity index (χ1) is 11.7. The number of para-hydroxylation sites is 1. The molecule has 0 spiro atoms. The van der Waals surface area contributed by atoms with E-state index in [0.717, 1.165) is 17.7 Å². The summed E-state index contributed by atoms with van der Waals surface area (Å²) in [7, 11) is 0. The van der Waals surface area contributed by atoms with E-state index >= 15 is 0 Å². The molecule has 2 rings (SSSR count). The van der Waals surface area contributed by atoms with E-state index in [0.29, 0.717) is 5.69 Å². The van der Waals surface area contributed by atoms with E-state index in [1.807, 2.05) is 32.9 Å². The molecule has 0 radical (unpaired) electrons. The van der Waals surface area contributed by atoms with Crippen LogP contribution < -0.4 is 10.6 Å². The number of rotatable bonds is 4. The average molecular weight is 348 g/mol. The van der Waals surface area contributed by atoms with Crippen molar-refractivity contribution in [1.82, 2.24) is 5.32 Å². The van der Waals surface area contributed by atoms with Gasteiger partial charge in [0.1, 0.15) is 17.7 Å². The van der Waals surface area contributed by atoms with Crippen molar-refractivity contribution in [2.45, 2.75) is 32.3 Å². The molecule has 2 aromatic carbocycles. The fourth-order valence-electron chi connectivity index (χ4n) is 2.53. The average Bonchev–Trinajstić information content (AvgIpc) is 2.52. The summed E-state index contributed by atoms with van der Waals surface area (Å²) in [6, 6.07) is 10.1. The zero-order chi connectivity index (χ0) is 18.6. The molecule has 25 heavy (non-hydrogen) atoms. The van der Waals surface area contributed by atoms with Crippen LogP contribution in [0.1, 0.15) is 38.0 Å². The second kappa shape index (κ2) is 7.61. The summed E-state index contributed by atoms with van der Waals surface area (Å²) in [6.45, 7) is 5.75. The van der Waals surface area contributed by atoms with Gasteiger partial charge in [-0.2, -0.15) is 0 Å². The van der Waals surface area contributed by atoms with E-state index in [1.54, 1.807) is 12.1 Å². The number of benzene rings is 2. The largest absolute Gasteiger partial charge is 0.386 e. The van der Waals surface area contributed by atoms with Crippen molar-refractivity contribution in [3.8, 4) is 0 Å². The van der Waals surface area contributed by atoms with E-state index in [-0.39, 0.29) is 12.0 Å². The second-order valence-corrected chi connectivity index (χ2v) is 6.78. The quantitative estimate of drug-likeness (QED) is 0.778. The molecule has 2 aromatic rings. The number of amides is 2. The van der Waals surface area contributed by atoms with Crippen LogP contribution in [0.15, 0.2) is 42.5 Å². The summed E-state index contributed by atoms with van der Waals surface area (Å²) in [5.74, 6) is -1.71. The van der Waals surface area contributed by atoms with Crippen LogP contribution >= 0.6 is 0 Å². The SMILES string of the molecule is CC(C)(C)c1ccccc1NC(=O)NCC(O)c1c(F)cccc1F. The maximum Gasteiger partial charge on any atom is 0.319 e. The van der Waals surface area contributed by atoms with Crippen LogP contribution in [0.25, 0.3) is 0 Å². The third-order valence-corrected chi connectivity index (χ3v) is 3.77.